The summed E-state index contributed by atoms with van der Waals surface area (Å²) in [6.07, 6.45) is 1.75. The van der Waals surface area contributed by atoms with Crippen molar-refractivity contribution < 1.29 is 9.47 Å². The van der Waals surface area contributed by atoms with Crippen LogP contribution in [0.2, 0.25) is 5.02 Å². The standard InChI is InChI=1S/C12H14ClNO2S/c1-15-11-7-10(13)12(16-2)6-9(11)4-3-5-17-8-14/h6-7H,3-5H2,1-2H3. The molecule has 0 saturated heterocycles. The van der Waals surface area contributed by atoms with Crippen molar-refractivity contribution in [2.24, 2.45) is 0 Å². The molecule has 0 fully saturated rings. The molecule has 1 rings (SSSR count). The van der Waals surface area contributed by atoms with Gasteiger partial charge in [0.1, 0.15) is 16.9 Å². The van der Waals surface area contributed by atoms with Crippen LogP contribution in [-0.4, -0.2) is 20.0 Å². The summed E-state index contributed by atoms with van der Waals surface area (Å²) in [7, 11) is 3.20. The summed E-state index contributed by atoms with van der Waals surface area (Å²) in [6.45, 7) is 0. The smallest absolute Gasteiger partial charge is 0.137 e. The first-order valence-electron chi connectivity index (χ1n) is 5.14. The number of benzene rings is 1. The lowest BCUT2D eigenvalue weighted by molar-refractivity contribution is 0.398. The van der Waals surface area contributed by atoms with Gasteiger partial charge in [0.2, 0.25) is 0 Å². The number of nitrogens with zero attached hydrogens (tertiary/aromatic N) is 1. The van der Waals surface area contributed by atoms with Crippen LogP contribution < -0.4 is 9.47 Å². The molecule has 3 nitrogen and oxygen atoms in total. The van der Waals surface area contributed by atoms with Crippen LogP contribution in [-0.2, 0) is 6.42 Å². The number of methoxy groups -OCH3 is 2. The number of thiocyanates is 1. The molecule has 0 aliphatic rings. The first-order chi connectivity index (χ1) is 8.22. The van der Waals surface area contributed by atoms with Crippen molar-refractivity contribution in [1.29, 1.82) is 5.26 Å². The zero-order valence-electron chi connectivity index (χ0n) is 9.83. The van der Waals surface area contributed by atoms with Crippen molar-refractivity contribution in [3.05, 3.63) is 22.7 Å². The largest absolute Gasteiger partial charge is 0.496 e. The fraction of sp³-hybridized carbons (Fsp3) is 0.417. The number of rotatable bonds is 6. The molecule has 17 heavy (non-hydrogen) atoms. The Morgan fingerprint density at radius 1 is 1.29 bits per heavy atom. The maximum atomic E-state index is 8.43. The number of hydrogen-bond donors (Lipinski definition) is 0. The molecule has 0 spiro atoms. The van der Waals surface area contributed by atoms with Crippen LogP contribution >= 0.6 is 23.4 Å². The molecule has 0 aliphatic carbocycles. The zero-order chi connectivity index (χ0) is 12.7. The third-order valence-corrected chi connectivity index (χ3v) is 3.23. The highest BCUT2D eigenvalue weighted by molar-refractivity contribution is 8.03. The number of ether oxygens (including phenoxy) is 2. The van der Waals surface area contributed by atoms with E-state index in [1.165, 1.54) is 11.8 Å². The first kappa shape index (κ1) is 14.0. The van der Waals surface area contributed by atoms with Crippen molar-refractivity contribution in [3.63, 3.8) is 0 Å². The second kappa shape index (κ2) is 7.31. The minimum Gasteiger partial charge on any atom is -0.496 e. The predicted molar refractivity (Wildman–Crippen MR) is 70.9 cm³/mol. The molecule has 0 unspecified atom stereocenters. The van der Waals surface area contributed by atoms with E-state index in [1.54, 1.807) is 20.3 Å². The van der Waals surface area contributed by atoms with Gasteiger partial charge in [-0.05, 0) is 36.2 Å². The van der Waals surface area contributed by atoms with Crippen LogP contribution in [0.1, 0.15) is 12.0 Å². The van der Waals surface area contributed by atoms with Crippen molar-refractivity contribution in [2.75, 3.05) is 20.0 Å². The summed E-state index contributed by atoms with van der Waals surface area (Å²) >= 11 is 7.27. The second-order valence-electron chi connectivity index (χ2n) is 3.34. The van der Waals surface area contributed by atoms with E-state index in [4.69, 9.17) is 26.3 Å². The van der Waals surface area contributed by atoms with E-state index < -0.39 is 0 Å². The average molecular weight is 272 g/mol. The van der Waals surface area contributed by atoms with Gasteiger partial charge in [0.15, 0.2) is 0 Å². The van der Waals surface area contributed by atoms with Gasteiger partial charge in [-0.3, -0.25) is 0 Å². The van der Waals surface area contributed by atoms with Gasteiger partial charge >= 0.3 is 0 Å². The second-order valence-corrected chi connectivity index (χ2v) is 4.63. The molecule has 0 amide bonds. The summed E-state index contributed by atoms with van der Waals surface area (Å²) < 4.78 is 10.4. The zero-order valence-corrected chi connectivity index (χ0v) is 11.4. The van der Waals surface area contributed by atoms with Gasteiger partial charge in [0.05, 0.1) is 19.2 Å². The van der Waals surface area contributed by atoms with Gasteiger partial charge in [-0.1, -0.05) is 11.6 Å². The maximum Gasteiger partial charge on any atom is 0.137 e. The number of halogens is 1. The Balaban J connectivity index is 2.78. The summed E-state index contributed by atoms with van der Waals surface area (Å²) in [6, 6.07) is 3.64. The van der Waals surface area contributed by atoms with E-state index in [9.17, 15) is 0 Å². The maximum absolute atomic E-state index is 8.43. The van der Waals surface area contributed by atoms with E-state index >= 15 is 0 Å². The molecular weight excluding hydrogens is 258 g/mol. The van der Waals surface area contributed by atoms with Crippen LogP contribution in [0.4, 0.5) is 0 Å². The van der Waals surface area contributed by atoms with Crippen LogP contribution in [0.3, 0.4) is 0 Å². The summed E-state index contributed by atoms with van der Waals surface area (Å²) in [4.78, 5) is 0. The lowest BCUT2D eigenvalue weighted by Gasteiger charge is -2.11. The molecule has 1 aromatic rings. The van der Waals surface area contributed by atoms with Gasteiger partial charge in [0, 0.05) is 11.8 Å². The molecule has 0 aliphatic heterocycles. The third kappa shape index (κ3) is 4.03. The summed E-state index contributed by atoms with van der Waals surface area (Å²) in [5.74, 6) is 2.22. The van der Waals surface area contributed by atoms with Crippen LogP contribution in [0.25, 0.3) is 0 Å². The van der Waals surface area contributed by atoms with Crippen LogP contribution in [0, 0.1) is 10.7 Å². The highest BCUT2D eigenvalue weighted by Crippen LogP contribution is 2.33. The van der Waals surface area contributed by atoms with Crippen LogP contribution in [0.5, 0.6) is 11.5 Å². The third-order valence-electron chi connectivity index (χ3n) is 2.31. The molecule has 0 N–H and O–H groups in total. The number of aryl methyl sites for hydroxylation is 1. The normalized spacial score (nSPS) is 9.76. The Morgan fingerprint density at radius 3 is 2.59 bits per heavy atom. The van der Waals surface area contributed by atoms with E-state index in [-0.39, 0.29) is 0 Å². The highest BCUT2D eigenvalue weighted by atomic mass is 35.5. The van der Waals surface area contributed by atoms with Crippen molar-refractivity contribution in [1.82, 2.24) is 0 Å². The minimum absolute atomic E-state index is 0.541. The Labute approximate surface area is 111 Å². The molecular formula is C12H14ClNO2S. The van der Waals surface area contributed by atoms with Gasteiger partial charge in [-0.2, -0.15) is 5.26 Å². The van der Waals surface area contributed by atoms with Crippen molar-refractivity contribution in [3.8, 4) is 16.9 Å². The van der Waals surface area contributed by atoms with Gasteiger partial charge in [-0.25, -0.2) is 0 Å². The van der Waals surface area contributed by atoms with Gasteiger partial charge in [-0.15, -0.1) is 0 Å². The van der Waals surface area contributed by atoms with E-state index in [2.05, 4.69) is 5.40 Å². The number of hydrogen-bond acceptors (Lipinski definition) is 4. The SMILES string of the molecule is COc1cc(CCCSC#N)c(OC)cc1Cl. The van der Waals surface area contributed by atoms with E-state index in [0.717, 1.165) is 29.9 Å². The lowest BCUT2D eigenvalue weighted by atomic mass is 10.1. The van der Waals surface area contributed by atoms with E-state index in [1.807, 2.05) is 6.07 Å². The molecule has 0 atom stereocenters. The Bertz CT molecular complexity index is 418. The van der Waals surface area contributed by atoms with Crippen LogP contribution in [0.15, 0.2) is 12.1 Å². The molecule has 92 valence electrons. The van der Waals surface area contributed by atoms with Gasteiger partial charge in [0.25, 0.3) is 0 Å². The summed E-state index contributed by atoms with van der Waals surface area (Å²) in [5.41, 5.74) is 1.05. The average Bonchev–Trinajstić information content (AvgIpc) is 2.35. The Morgan fingerprint density at radius 2 is 2.00 bits per heavy atom. The number of nitriles is 1. The quantitative estimate of drug-likeness (QED) is 0.587. The molecule has 0 saturated carbocycles. The highest BCUT2D eigenvalue weighted by Gasteiger charge is 2.09. The number of thioether (sulfide) groups is 1. The lowest BCUT2D eigenvalue weighted by Crippen LogP contribution is -1.96. The monoisotopic (exact) mass is 271 g/mol. The minimum atomic E-state index is 0.541. The fourth-order valence-corrected chi connectivity index (χ4v) is 2.11. The van der Waals surface area contributed by atoms with Crippen molar-refractivity contribution in [2.45, 2.75) is 12.8 Å². The Kier molecular flexibility index (Phi) is 6.03. The molecule has 0 radical (unpaired) electrons. The first-order valence-corrected chi connectivity index (χ1v) is 6.50. The van der Waals surface area contributed by atoms with E-state index in [0.29, 0.717) is 10.8 Å². The fourth-order valence-electron chi connectivity index (χ4n) is 1.50. The topological polar surface area (TPSA) is 42.2 Å². The molecule has 0 bridgehead atoms. The van der Waals surface area contributed by atoms with Gasteiger partial charge < -0.3 is 9.47 Å². The molecule has 0 heterocycles. The Hall–Kier alpha value is -1.05. The molecule has 0 aromatic heterocycles. The summed E-state index contributed by atoms with van der Waals surface area (Å²) in [5, 5.41) is 11.0. The predicted octanol–water partition coefficient (Wildman–Crippen LogP) is 3.50. The molecule has 5 heteroatoms. The van der Waals surface area contributed by atoms with Crippen molar-refractivity contribution >= 4 is 23.4 Å². The molecule has 1 aromatic carbocycles.